The average molecular weight is 357 g/mol. The summed E-state index contributed by atoms with van der Waals surface area (Å²) < 4.78 is 0. The van der Waals surface area contributed by atoms with Gasteiger partial charge in [0, 0.05) is 45.1 Å². The van der Waals surface area contributed by atoms with E-state index in [9.17, 15) is 9.59 Å². The minimum atomic E-state index is 0.182. The lowest BCUT2D eigenvalue weighted by Crippen LogP contribution is -2.39. The topological polar surface area (TPSA) is 66.6 Å². The Kier molecular flexibility index (Phi) is 6.67. The quantitative estimate of drug-likeness (QED) is 0.878. The van der Waals surface area contributed by atoms with Crippen molar-refractivity contribution in [1.29, 1.82) is 0 Å². The van der Waals surface area contributed by atoms with Crippen molar-refractivity contribution in [1.82, 2.24) is 9.80 Å². The average Bonchev–Trinajstić information content (AvgIpc) is 2.91. The monoisotopic (exact) mass is 357 g/mol. The van der Waals surface area contributed by atoms with E-state index in [-0.39, 0.29) is 17.9 Å². The van der Waals surface area contributed by atoms with Crippen LogP contribution < -0.4 is 5.73 Å². The molecule has 1 aliphatic carbocycles. The molecule has 1 heterocycles. The standard InChI is InChI=1S/C21H31N3O2/c22-19-9-4-8-18(19)16-21(26)24-13-5-12-23(14-15-24)20(25)11-10-17-6-2-1-3-7-17/h1-3,6-7,18-19H,4-5,8-16,22H2/t18-,19+/m0/s1. The molecule has 2 aliphatic rings. The highest BCUT2D eigenvalue weighted by molar-refractivity contribution is 5.78. The molecule has 2 atom stereocenters. The molecule has 5 heteroatoms. The van der Waals surface area contributed by atoms with Crippen molar-refractivity contribution < 1.29 is 9.59 Å². The number of carbonyl (C=O) groups is 2. The predicted octanol–water partition coefficient (Wildman–Crippen LogP) is 2.20. The van der Waals surface area contributed by atoms with Gasteiger partial charge in [0.05, 0.1) is 0 Å². The maximum Gasteiger partial charge on any atom is 0.222 e. The van der Waals surface area contributed by atoms with E-state index in [2.05, 4.69) is 12.1 Å². The second-order valence-corrected chi connectivity index (χ2v) is 7.66. The molecule has 26 heavy (non-hydrogen) atoms. The third kappa shape index (κ3) is 5.07. The van der Waals surface area contributed by atoms with E-state index >= 15 is 0 Å². The molecular weight excluding hydrogens is 326 g/mol. The van der Waals surface area contributed by atoms with Gasteiger partial charge in [0.25, 0.3) is 0 Å². The van der Waals surface area contributed by atoms with Gasteiger partial charge in [-0.1, -0.05) is 36.8 Å². The van der Waals surface area contributed by atoms with Crippen LogP contribution in [0.4, 0.5) is 0 Å². The van der Waals surface area contributed by atoms with Gasteiger partial charge in [-0.3, -0.25) is 9.59 Å². The summed E-state index contributed by atoms with van der Waals surface area (Å²) in [5.41, 5.74) is 7.30. The molecule has 3 rings (SSSR count). The van der Waals surface area contributed by atoms with Gasteiger partial charge in [0.1, 0.15) is 0 Å². The first-order valence-electron chi connectivity index (χ1n) is 9.98. The molecular formula is C21H31N3O2. The van der Waals surface area contributed by atoms with Crippen LogP contribution >= 0.6 is 0 Å². The van der Waals surface area contributed by atoms with Crippen molar-refractivity contribution in [2.75, 3.05) is 26.2 Å². The normalized spacial score (nSPS) is 23.7. The Labute approximate surface area is 156 Å². The second-order valence-electron chi connectivity index (χ2n) is 7.66. The van der Waals surface area contributed by atoms with Crippen LogP contribution in [-0.4, -0.2) is 53.8 Å². The maximum atomic E-state index is 12.6. The summed E-state index contributed by atoms with van der Waals surface area (Å²) in [6.45, 7) is 2.80. The van der Waals surface area contributed by atoms with E-state index in [1.807, 2.05) is 28.0 Å². The van der Waals surface area contributed by atoms with Gasteiger partial charge < -0.3 is 15.5 Å². The number of aryl methyl sites for hydroxylation is 1. The minimum Gasteiger partial charge on any atom is -0.341 e. The molecule has 0 unspecified atom stereocenters. The largest absolute Gasteiger partial charge is 0.341 e. The van der Waals surface area contributed by atoms with E-state index in [0.717, 1.165) is 45.2 Å². The summed E-state index contributed by atoms with van der Waals surface area (Å²) >= 11 is 0. The number of rotatable bonds is 5. The van der Waals surface area contributed by atoms with Crippen LogP contribution in [0.5, 0.6) is 0 Å². The molecule has 1 saturated carbocycles. The third-order valence-corrected chi connectivity index (χ3v) is 5.83. The van der Waals surface area contributed by atoms with Gasteiger partial charge in [-0.05, 0) is 37.2 Å². The van der Waals surface area contributed by atoms with Gasteiger partial charge in [-0.25, -0.2) is 0 Å². The van der Waals surface area contributed by atoms with Crippen molar-refractivity contribution >= 4 is 11.8 Å². The fourth-order valence-corrected chi connectivity index (χ4v) is 4.14. The molecule has 1 aliphatic heterocycles. The first-order valence-corrected chi connectivity index (χ1v) is 9.98. The first kappa shape index (κ1) is 18.9. The Bertz CT molecular complexity index is 605. The number of hydrogen-bond acceptors (Lipinski definition) is 3. The molecule has 0 radical (unpaired) electrons. The van der Waals surface area contributed by atoms with E-state index in [4.69, 9.17) is 5.73 Å². The molecule has 1 saturated heterocycles. The van der Waals surface area contributed by atoms with Crippen LogP contribution in [0.2, 0.25) is 0 Å². The zero-order chi connectivity index (χ0) is 18.4. The summed E-state index contributed by atoms with van der Waals surface area (Å²) in [4.78, 5) is 29.0. The van der Waals surface area contributed by atoms with Crippen molar-refractivity contribution in [3.05, 3.63) is 35.9 Å². The molecule has 0 spiro atoms. The van der Waals surface area contributed by atoms with Crippen molar-refractivity contribution in [3.8, 4) is 0 Å². The van der Waals surface area contributed by atoms with E-state index in [1.165, 1.54) is 5.56 Å². The number of benzene rings is 1. The molecule has 0 bridgehead atoms. The number of carbonyl (C=O) groups excluding carboxylic acids is 2. The Morgan fingerprint density at radius 3 is 2.27 bits per heavy atom. The smallest absolute Gasteiger partial charge is 0.222 e. The van der Waals surface area contributed by atoms with E-state index in [0.29, 0.717) is 31.8 Å². The van der Waals surface area contributed by atoms with Gasteiger partial charge in [0.2, 0.25) is 11.8 Å². The maximum absolute atomic E-state index is 12.6. The van der Waals surface area contributed by atoms with Gasteiger partial charge in [0.15, 0.2) is 0 Å². The summed E-state index contributed by atoms with van der Waals surface area (Å²) in [5.74, 6) is 0.751. The molecule has 2 amide bonds. The van der Waals surface area contributed by atoms with Gasteiger partial charge in [-0.15, -0.1) is 0 Å². The first-order chi connectivity index (χ1) is 12.6. The molecule has 1 aromatic rings. The highest BCUT2D eigenvalue weighted by atomic mass is 16.2. The van der Waals surface area contributed by atoms with Crippen molar-refractivity contribution in [2.45, 2.75) is 51.0 Å². The fraction of sp³-hybridized carbons (Fsp3) is 0.619. The minimum absolute atomic E-state index is 0.182. The van der Waals surface area contributed by atoms with E-state index in [1.54, 1.807) is 0 Å². The molecule has 0 aromatic heterocycles. The lowest BCUT2D eigenvalue weighted by Gasteiger charge is -2.24. The van der Waals surface area contributed by atoms with E-state index < -0.39 is 0 Å². The Hall–Kier alpha value is -1.88. The second kappa shape index (κ2) is 9.17. The third-order valence-electron chi connectivity index (χ3n) is 5.83. The van der Waals surface area contributed by atoms with Crippen LogP contribution in [0.25, 0.3) is 0 Å². The Morgan fingerprint density at radius 2 is 1.62 bits per heavy atom. The summed E-state index contributed by atoms with van der Waals surface area (Å²) in [6, 6.07) is 10.3. The zero-order valence-electron chi connectivity index (χ0n) is 15.6. The fourth-order valence-electron chi connectivity index (χ4n) is 4.14. The number of hydrogen-bond donors (Lipinski definition) is 1. The lowest BCUT2D eigenvalue weighted by atomic mass is 9.99. The predicted molar refractivity (Wildman–Crippen MR) is 102 cm³/mol. The van der Waals surface area contributed by atoms with Crippen LogP contribution in [-0.2, 0) is 16.0 Å². The van der Waals surface area contributed by atoms with Crippen molar-refractivity contribution in [2.24, 2.45) is 11.7 Å². The Morgan fingerprint density at radius 1 is 0.923 bits per heavy atom. The highest BCUT2D eigenvalue weighted by Crippen LogP contribution is 2.27. The SMILES string of the molecule is N[C@@H]1CCC[C@H]1CC(=O)N1CCCN(C(=O)CCc2ccccc2)CC1. The van der Waals surface area contributed by atoms with Crippen LogP contribution in [0.1, 0.15) is 44.1 Å². The van der Waals surface area contributed by atoms with Crippen LogP contribution in [0.15, 0.2) is 30.3 Å². The molecule has 142 valence electrons. The molecule has 1 aromatic carbocycles. The highest BCUT2D eigenvalue weighted by Gasteiger charge is 2.29. The molecule has 2 N–H and O–H groups in total. The van der Waals surface area contributed by atoms with Crippen LogP contribution in [0, 0.1) is 5.92 Å². The molecule has 5 nitrogen and oxygen atoms in total. The molecule has 2 fully saturated rings. The summed E-state index contributed by atoms with van der Waals surface area (Å²) in [5, 5.41) is 0. The number of nitrogens with two attached hydrogens (primary N) is 1. The van der Waals surface area contributed by atoms with Gasteiger partial charge >= 0.3 is 0 Å². The van der Waals surface area contributed by atoms with Crippen molar-refractivity contribution in [3.63, 3.8) is 0 Å². The zero-order valence-corrected chi connectivity index (χ0v) is 15.6. The number of amides is 2. The number of nitrogens with zero attached hydrogens (tertiary/aromatic N) is 2. The Balaban J connectivity index is 1.45. The lowest BCUT2D eigenvalue weighted by molar-refractivity contribution is -0.134. The summed E-state index contributed by atoms with van der Waals surface area (Å²) in [7, 11) is 0. The summed E-state index contributed by atoms with van der Waals surface area (Å²) in [6.07, 6.45) is 6.01. The van der Waals surface area contributed by atoms with Crippen LogP contribution in [0.3, 0.4) is 0 Å². The van der Waals surface area contributed by atoms with Gasteiger partial charge in [-0.2, -0.15) is 0 Å².